The first-order chi connectivity index (χ1) is 14.8. The number of non-ortho nitro benzene ring substituents is 1. The van der Waals surface area contributed by atoms with Gasteiger partial charge in [0.1, 0.15) is 0 Å². The van der Waals surface area contributed by atoms with Crippen molar-refractivity contribution in [1.29, 1.82) is 0 Å². The van der Waals surface area contributed by atoms with E-state index in [1.807, 2.05) is 30.3 Å². The van der Waals surface area contributed by atoms with Gasteiger partial charge in [0.2, 0.25) is 0 Å². The maximum Gasteiger partial charge on any atom is 0.270 e. The van der Waals surface area contributed by atoms with Crippen LogP contribution in [-0.4, -0.2) is 27.6 Å². The van der Waals surface area contributed by atoms with Gasteiger partial charge >= 0.3 is 0 Å². The third-order valence-corrected chi connectivity index (χ3v) is 6.74. The highest BCUT2D eigenvalue weighted by molar-refractivity contribution is 7.92. The Hall–Kier alpha value is -3.59. The van der Waals surface area contributed by atoms with Crippen LogP contribution in [-0.2, 0) is 10.0 Å². The standard InChI is InChI=1S/C22H22N2O6S/c1-16(17-8-5-4-6-9-17)23(18-12-13-21(29-2)22(15-18)30-3)31(27,28)20-11-7-10-19(14-20)24(25)26/h4-16H,1-3H3/t16-/m1/s1. The first kappa shape index (κ1) is 22.1. The predicted octanol–water partition coefficient (Wildman–Crippen LogP) is 4.57. The zero-order valence-electron chi connectivity index (χ0n) is 17.3. The van der Waals surface area contributed by atoms with Gasteiger partial charge in [0.15, 0.2) is 11.5 Å². The number of rotatable bonds is 8. The third kappa shape index (κ3) is 4.46. The van der Waals surface area contributed by atoms with E-state index in [1.54, 1.807) is 25.1 Å². The van der Waals surface area contributed by atoms with Crippen LogP contribution in [0.1, 0.15) is 18.5 Å². The van der Waals surface area contributed by atoms with Crippen LogP contribution in [0.4, 0.5) is 11.4 Å². The molecule has 0 fully saturated rings. The quantitative estimate of drug-likeness (QED) is 0.374. The molecular weight excluding hydrogens is 420 g/mol. The number of nitrogens with zero attached hydrogens (tertiary/aromatic N) is 2. The Morgan fingerprint density at radius 2 is 1.58 bits per heavy atom. The predicted molar refractivity (Wildman–Crippen MR) is 117 cm³/mol. The first-order valence-electron chi connectivity index (χ1n) is 9.35. The average Bonchev–Trinajstić information content (AvgIpc) is 2.79. The molecule has 3 aromatic rings. The second kappa shape index (κ2) is 9.05. The van der Waals surface area contributed by atoms with Crippen molar-refractivity contribution in [3.8, 4) is 11.5 Å². The van der Waals surface area contributed by atoms with E-state index >= 15 is 0 Å². The second-order valence-corrected chi connectivity index (χ2v) is 8.50. The summed E-state index contributed by atoms with van der Waals surface area (Å²) in [5, 5.41) is 11.2. The monoisotopic (exact) mass is 442 g/mol. The average molecular weight is 442 g/mol. The lowest BCUT2D eigenvalue weighted by Crippen LogP contribution is -2.33. The topological polar surface area (TPSA) is 99.0 Å². The van der Waals surface area contributed by atoms with Crippen molar-refractivity contribution < 1.29 is 22.8 Å². The van der Waals surface area contributed by atoms with E-state index in [-0.39, 0.29) is 10.6 Å². The zero-order chi connectivity index (χ0) is 22.6. The van der Waals surface area contributed by atoms with Crippen LogP contribution < -0.4 is 13.8 Å². The fourth-order valence-corrected chi connectivity index (χ4v) is 4.95. The Balaban J connectivity index is 2.21. The summed E-state index contributed by atoms with van der Waals surface area (Å²) in [5.41, 5.74) is 0.785. The summed E-state index contributed by atoms with van der Waals surface area (Å²) in [7, 11) is -1.22. The highest BCUT2D eigenvalue weighted by atomic mass is 32.2. The summed E-state index contributed by atoms with van der Waals surface area (Å²) in [6.07, 6.45) is 0. The summed E-state index contributed by atoms with van der Waals surface area (Å²) in [5.74, 6) is 0.811. The molecule has 8 nitrogen and oxygen atoms in total. The maximum absolute atomic E-state index is 13.7. The van der Waals surface area contributed by atoms with Crippen molar-refractivity contribution in [3.05, 3.63) is 88.5 Å². The van der Waals surface area contributed by atoms with E-state index in [0.29, 0.717) is 17.2 Å². The summed E-state index contributed by atoms with van der Waals surface area (Å²) >= 11 is 0. The van der Waals surface area contributed by atoms with E-state index in [2.05, 4.69) is 0 Å². The van der Waals surface area contributed by atoms with Gasteiger partial charge < -0.3 is 9.47 Å². The van der Waals surface area contributed by atoms with Crippen LogP contribution in [0, 0.1) is 10.1 Å². The molecule has 0 spiro atoms. The van der Waals surface area contributed by atoms with Gasteiger partial charge in [-0.25, -0.2) is 8.42 Å². The van der Waals surface area contributed by atoms with E-state index in [9.17, 15) is 18.5 Å². The molecule has 0 saturated heterocycles. The van der Waals surface area contributed by atoms with Crippen molar-refractivity contribution in [3.63, 3.8) is 0 Å². The lowest BCUT2D eigenvalue weighted by molar-refractivity contribution is -0.385. The van der Waals surface area contributed by atoms with Crippen LogP contribution in [0.15, 0.2) is 77.7 Å². The van der Waals surface area contributed by atoms with Crippen LogP contribution in [0.3, 0.4) is 0 Å². The van der Waals surface area contributed by atoms with Gasteiger partial charge in [0.25, 0.3) is 15.7 Å². The molecule has 0 radical (unpaired) electrons. The summed E-state index contributed by atoms with van der Waals surface area (Å²) in [6.45, 7) is 1.75. The van der Waals surface area contributed by atoms with Gasteiger partial charge in [-0.3, -0.25) is 14.4 Å². The van der Waals surface area contributed by atoms with Gasteiger partial charge in [-0.15, -0.1) is 0 Å². The number of hydrogen-bond acceptors (Lipinski definition) is 6. The van der Waals surface area contributed by atoms with Crippen LogP contribution in [0.2, 0.25) is 0 Å². The fraction of sp³-hybridized carbons (Fsp3) is 0.182. The van der Waals surface area contributed by atoms with Crippen molar-refractivity contribution in [1.82, 2.24) is 0 Å². The molecule has 0 aromatic heterocycles. The number of nitro groups is 1. The summed E-state index contributed by atoms with van der Waals surface area (Å²) in [4.78, 5) is 10.4. The SMILES string of the molecule is COc1ccc(N([C@H](C)c2ccccc2)S(=O)(=O)c2cccc([N+](=O)[O-])c2)cc1OC. The molecule has 0 aliphatic heterocycles. The molecule has 0 unspecified atom stereocenters. The molecule has 0 saturated carbocycles. The van der Waals surface area contributed by atoms with Gasteiger partial charge in [-0.1, -0.05) is 36.4 Å². The number of methoxy groups -OCH3 is 2. The molecule has 3 aromatic carbocycles. The molecule has 0 aliphatic carbocycles. The van der Waals surface area contributed by atoms with Gasteiger partial charge in [0, 0.05) is 18.2 Å². The first-order valence-corrected chi connectivity index (χ1v) is 10.8. The second-order valence-electron chi connectivity index (χ2n) is 6.68. The number of ether oxygens (including phenoxy) is 2. The number of benzene rings is 3. The molecule has 3 rings (SSSR count). The normalized spacial score (nSPS) is 12.1. The van der Waals surface area contributed by atoms with Gasteiger partial charge in [-0.05, 0) is 30.7 Å². The lowest BCUT2D eigenvalue weighted by atomic mass is 10.1. The van der Waals surface area contributed by atoms with E-state index < -0.39 is 21.0 Å². The highest BCUT2D eigenvalue weighted by Crippen LogP contribution is 2.38. The van der Waals surface area contributed by atoms with Crippen LogP contribution >= 0.6 is 0 Å². The van der Waals surface area contributed by atoms with E-state index in [0.717, 1.165) is 11.6 Å². The summed E-state index contributed by atoms with van der Waals surface area (Å²) < 4.78 is 39.2. The number of sulfonamides is 1. The van der Waals surface area contributed by atoms with Crippen molar-refractivity contribution >= 4 is 21.4 Å². The molecule has 0 heterocycles. The van der Waals surface area contributed by atoms with Gasteiger partial charge in [-0.2, -0.15) is 0 Å². The molecular formula is C22H22N2O6S. The highest BCUT2D eigenvalue weighted by Gasteiger charge is 2.32. The molecule has 0 bridgehead atoms. The Morgan fingerprint density at radius 3 is 2.19 bits per heavy atom. The smallest absolute Gasteiger partial charge is 0.270 e. The molecule has 31 heavy (non-hydrogen) atoms. The lowest BCUT2D eigenvalue weighted by Gasteiger charge is -2.31. The van der Waals surface area contributed by atoms with Crippen molar-refractivity contribution in [2.45, 2.75) is 17.9 Å². The largest absolute Gasteiger partial charge is 0.493 e. The molecule has 9 heteroatoms. The molecule has 162 valence electrons. The minimum atomic E-state index is -4.17. The van der Waals surface area contributed by atoms with E-state index in [1.165, 1.54) is 36.7 Å². The van der Waals surface area contributed by atoms with Crippen molar-refractivity contribution in [2.24, 2.45) is 0 Å². The molecule has 0 amide bonds. The fourth-order valence-electron chi connectivity index (χ4n) is 3.27. The Labute approximate surface area is 180 Å². The molecule has 0 aliphatic rings. The summed E-state index contributed by atoms with van der Waals surface area (Å²) in [6, 6.07) is 18.3. The number of hydrogen-bond donors (Lipinski definition) is 0. The molecule has 1 atom stereocenters. The minimum absolute atomic E-state index is 0.181. The van der Waals surface area contributed by atoms with Crippen LogP contribution in [0.25, 0.3) is 0 Å². The van der Waals surface area contributed by atoms with Crippen LogP contribution in [0.5, 0.6) is 11.5 Å². The number of nitro benzene ring substituents is 1. The van der Waals surface area contributed by atoms with Crippen molar-refractivity contribution in [2.75, 3.05) is 18.5 Å². The Bertz CT molecular complexity index is 1180. The third-order valence-electron chi connectivity index (χ3n) is 4.84. The minimum Gasteiger partial charge on any atom is -0.493 e. The number of anilines is 1. The zero-order valence-corrected chi connectivity index (χ0v) is 18.1. The molecule has 0 N–H and O–H groups in total. The Kier molecular flexibility index (Phi) is 6.45. The maximum atomic E-state index is 13.7. The Morgan fingerprint density at radius 1 is 0.903 bits per heavy atom. The van der Waals surface area contributed by atoms with Gasteiger partial charge in [0.05, 0.1) is 35.8 Å². The van der Waals surface area contributed by atoms with E-state index in [4.69, 9.17) is 9.47 Å².